The number of hydrogen-bond acceptors (Lipinski definition) is 6. The molecular formula is C23H25NO5. The largest absolute Gasteiger partial charge is 0.504 e. The number of nitrogens with zero attached hydrogens (tertiary/aromatic N) is 1. The van der Waals surface area contributed by atoms with Gasteiger partial charge >= 0.3 is 0 Å². The van der Waals surface area contributed by atoms with Crippen molar-refractivity contribution in [2.45, 2.75) is 31.5 Å². The van der Waals surface area contributed by atoms with Crippen molar-refractivity contribution < 1.29 is 24.4 Å². The minimum atomic E-state index is -0.572. The van der Waals surface area contributed by atoms with E-state index in [2.05, 4.69) is 4.90 Å². The zero-order chi connectivity index (χ0) is 20.3. The summed E-state index contributed by atoms with van der Waals surface area (Å²) in [7, 11) is 4.70. The van der Waals surface area contributed by atoms with Gasteiger partial charge in [0.25, 0.3) is 0 Å². The van der Waals surface area contributed by atoms with Crippen LogP contribution in [-0.4, -0.2) is 49.0 Å². The van der Waals surface area contributed by atoms with Crippen molar-refractivity contribution in [1.29, 1.82) is 0 Å². The second kappa shape index (κ2) is 6.68. The zero-order valence-electron chi connectivity index (χ0n) is 16.9. The molecule has 2 aliphatic heterocycles. The van der Waals surface area contributed by atoms with Crippen LogP contribution in [0.4, 0.5) is 0 Å². The quantitative estimate of drug-likeness (QED) is 0.659. The Morgan fingerprint density at radius 3 is 2.55 bits per heavy atom. The average Bonchev–Trinajstić information content (AvgIpc) is 3.22. The van der Waals surface area contributed by atoms with Gasteiger partial charge in [-0.2, -0.15) is 0 Å². The number of methoxy groups -OCH3 is 3. The highest BCUT2D eigenvalue weighted by Gasteiger charge is 2.39. The number of hydrogen-bond donors (Lipinski definition) is 2. The van der Waals surface area contributed by atoms with Gasteiger partial charge in [0.2, 0.25) is 5.75 Å². The summed E-state index contributed by atoms with van der Waals surface area (Å²) in [5.41, 5.74) is 1.99. The maximum Gasteiger partial charge on any atom is 0.203 e. The molecule has 0 spiro atoms. The van der Waals surface area contributed by atoms with E-state index >= 15 is 0 Å². The summed E-state index contributed by atoms with van der Waals surface area (Å²) in [6, 6.07) is 7.85. The lowest BCUT2D eigenvalue weighted by Gasteiger charge is -2.37. The lowest BCUT2D eigenvalue weighted by molar-refractivity contribution is 0.0552. The van der Waals surface area contributed by atoms with Crippen molar-refractivity contribution in [1.82, 2.24) is 4.90 Å². The predicted octanol–water partition coefficient (Wildman–Crippen LogP) is 3.74. The van der Waals surface area contributed by atoms with Crippen LogP contribution in [-0.2, 0) is 6.54 Å². The van der Waals surface area contributed by atoms with Crippen LogP contribution in [0.3, 0.4) is 0 Å². The van der Waals surface area contributed by atoms with Gasteiger partial charge in [0, 0.05) is 18.0 Å². The minimum Gasteiger partial charge on any atom is -0.504 e. The molecule has 0 radical (unpaired) electrons. The fourth-order valence-corrected chi connectivity index (χ4v) is 5.20. The molecule has 3 aromatic carbocycles. The van der Waals surface area contributed by atoms with E-state index in [1.165, 1.54) is 7.11 Å². The van der Waals surface area contributed by atoms with Crippen molar-refractivity contribution in [3.8, 4) is 23.0 Å². The van der Waals surface area contributed by atoms with Crippen LogP contribution in [0.15, 0.2) is 24.3 Å². The highest BCUT2D eigenvalue weighted by molar-refractivity contribution is 6.15. The van der Waals surface area contributed by atoms with E-state index in [1.807, 2.05) is 24.3 Å². The average molecular weight is 395 g/mol. The standard InChI is InChI=1S/C23H25NO5/c1-27-12-6-7-13-14(9-12)20-15(10-18(28-2)23(29-3)22(20)26)16-11-24-8-4-5-17(24)21(25)19(13)16/h6-7,9-10,17,21,25-26H,4-5,8,11H2,1-3H3/t17-,21+/m1/s1. The number of phenols is 1. The van der Waals surface area contributed by atoms with E-state index in [0.717, 1.165) is 53.2 Å². The van der Waals surface area contributed by atoms with Crippen molar-refractivity contribution in [2.75, 3.05) is 27.9 Å². The molecule has 3 aromatic rings. The second-order valence-corrected chi connectivity index (χ2v) is 7.81. The summed E-state index contributed by atoms with van der Waals surface area (Å²) in [5.74, 6) is 1.51. The molecule has 1 saturated heterocycles. The first-order valence-corrected chi connectivity index (χ1v) is 9.91. The van der Waals surface area contributed by atoms with Gasteiger partial charge in [0.15, 0.2) is 11.5 Å². The van der Waals surface area contributed by atoms with E-state index in [1.54, 1.807) is 14.2 Å². The van der Waals surface area contributed by atoms with Gasteiger partial charge < -0.3 is 24.4 Å². The van der Waals surface area contributed by atoms with Crippen LogP contribution in [0, 0.1) is 0 Å². The minimum absolute atomic E-state index is 0.0425. The maximum absolute atomic E-state index is 11.3. The van der Waals surface area contributed by atoms with Crippen LogP contribution in [0.5, 0.6) is 23.0 Å². The molecule has 6 heteroatoms. The van der Waals surface area contributed by atoms with Crippen molar-refractivity contribution in [3.63, 3.8) is 0 Å². The summed E-state index contributed by atoms with van der Waals surface area (Å²) in [4.78, 5) is 2.34. The summed E-state index contributed by atoms with van der Waals surface area (Å²) in [6.45, 7) is 1.72. The van der Waals surface area contributed by atoms with Crippen molar-refractivity contribution in [3.05, 3.63) is 35.4 Å². The molecule has 6 nitrogen and oxygen atoms in total. The molecule has 2 aliphatic rings. The lowest BCUT2D eigenvalue weighted by atomic mass is 9.83. The Labute approximate surface area is 169 Å². The molecule has 0 aromatic heterocycles. The number of phenolic OH excluding ortho intramolecular Hbond substituents is 1. The molecule has 1 fully saturated rings. The normalized spacial score (nSPS) is 21.2. The fourth-order valence-electron chi connectivity index (χ4n) is 5.20. The van der Waals surface area contributed by atoms with Crippen LogP contribution in [0.2, 0.25) is 0 Å². The number of rotatable bonds is 3. The summed E-state index contributed by atoms with van der Waals surface area (Å²) < 4.78 is 16.4. The van der Waals surface area contributed by atoms with Gasteiger partial charge in [-0.3, -0.25) is 4.90 Å². The molecule has 0 saturated carbocycles. The molecule has 5 rings (SSSR count). The molecule has 2 N–H and O–H groups in total. The van der Waals surface area contributed by atoms with Crippen LogP contribution in [0.25, 0.3) is 21.5 Å². The molecular weight excluding hydrogens is 370 g/mol. The van der Waals surface area contributed by atoms with Crippen LogP contribution in [0.1, 0.15) is 30.1 Å². The number of aliphatic hydroxyl groups is 1. The molecule has 2 heterocycles. The summed E-state index contributed by atoms with van der Waals surface area (Å²) in [6.07, 6.45) is 1.51. The highest BCUT2D eigenvalue weighted by Crippen LogP contribution is 2.51. The van der Waals surface area contributed by atoms with E-state index in [-0.39, 0.29) is 11.8 Å². The number of fused-ring (bicyclic) bond motifs is 7. The van der Waals surface area contributed by atoms with Gasteiger partial charge in [-0.15, -0.1) is 0 Å². The van der Waals surface area contributed by atoms with Crippen LogP contribution < -0.4 is 14.2 Å². The smallest absolute Gasteiger partial charge is 0.203 e. The first-order valence-electron chi connectivity index (χ1n) is 9.91. The first kappa shape index (κ1) is 18.3. The molecule has 0 unspecified atom stereocenters. The third-order valence-corrected chi connectivity index (χ3v) is 6.52. The predicted molar refractivity (Wildman–Crippen MR) is 111 cm³/mol. The van der Waals surface area contributed by atoms with Gasteiger partial charge in [0.1, 0.15) is 5.75 Å². The third-order valence-electron chi connectivity index (χ3n) is 6.52. The first-order chi connectivity index (χ1) is 14.1. The lowest BCUT2D eigenvalue weighted by Crippen LogP contribution is -2.39. The highest BCUT2D eigenvalue weighted by atomic mass is 16.5. The van der Waals surface area contributed by atoms with Crippen molar-refractivity contribution >= 4 is 21.5 Å². The summed E-state index contributed by atoms with van der Waals surface area (Å²) >= 11 is 0. The van der Waals surface area contributed by atoms with Gasteiger partial charge in [-0.25, -0.2) is 0 Å². The van der Waals surface area contributed by atoms with E-state index < -0.39 is 6.10 Å². The zero-order valence-corrected chi connectivity index (χ0v) is 16.9. The topological polar surface area (TPSA) is 71.4 Å². The molecule has 29 heavy (non-hydrogen) atoms. The second-order valence-electron chi connectivity index (χ2n) is 7.81. The van der Waals surface area contributed by atoms with Crippen molar-refractivity contribution in [2.24, 2.45) is 0 Å². The number of aliphatic hydroxyl groups excluding tert-OH is 1. The van der Waals surface area contributed by atoms with Gasteiger partial charge in [-0.1, -0.05) is 6.07 Å². The van der Waals surface area contributed by atoms with E-state index in [0.29, 0.717) is 22.6 Å². The summed E-state index contributed by atoms with van der Waals surface area (Å²) in [5, 5.41) is 25.8. The Balaban J connectivity index is 1.96. The fraction of sp³-hybridized carbons (Fsp3) is 0.391. The molecule has 2 atom stereocenters. The Morgan fingerprint density at radius 1 is 1.00 bits per heavy atom. The SMILES string of the molecule is COc1ccc2c3c(c4cc(OC)c(OC)c(O)c4c2c1)CN1CCC[C@@H]1[C@@H]3O. The Kier molecular flexibility index (Phi) is 4.22. The molecule has 0 aliphatic carbocycles. The maximum atomic E-state index is 11.3. The Bertz CT molecular complexity index is 1130. The number of aromatic hydroxyl groups is 1. The number of benzene rings is 3. The Morgan fingerprint density at radius 2 is 1.83 bits per heavy atom. The molecule has 0 amide bonds. The molecule has 152 valence electrons. The van der Waals surface area contributed by atoms with Gasteiger partial charge in [-0.05, 0) is 64.9 Å². The third kappa shape index (κ3) is 2.49. The van der Waals surface area contributed by atoms with Crippen LogP contribution >= 0.6 is 0 Å². The molecule has 0 bridgehead atoms. The Hall–Kier alpha value is -2.70. The van der Waals surface area contributed by atoms with E-state index in [9.17, 15) is 10.2 Å². The monoisotopic (exact) mass is 395 g/mol. The van der Waals surface area contributed by atoms with Gasteiger partial charge in [0.05, 0.1) is 27.4 Å². The van der Waals surface area contributed by atoms with E-state index in [4.69, 9.17) is 14.2 Å². The number of ether oxygens (including phenoxy) is 3.